The summed E-state index contributed by atoms with van der Waals surface area (Å²) >= 11 is 0. The molecule has 0 aliphatic carbocycles. The summed E-state index contributed by atoms with van der Waals surface area (Å²) in [6.45, 7) is 4.50. The minimum Gasteiger partial charge on any atom is -0.392 e. The number of hydrogen-bond donors (Lipinski definition) is 3. The molecule has 1 aliphatic heterocycles. The summed E-state index contributed by atoms with van der Waals surface area (Å²) in [7, 11) is 0. The zero-order chi connectivity index (χ0) is 13.1. The Morgan fingerprint density at radius 2 is 2.33 bits per heavy atom. The van der Waals surface area contributed by atoms with E-state index in [-0.39, 0.29) is 18.0 Å². The van der Waals surface area contributed by atoms with Crippen LogP contribution >= 0.6 is 0 Å². The maximum absolute atomic E-state index is 12.0. The number of β-amino-alcohol motifs (C(OH)–C–C–N with tert-alkyl or cyclic N) is 1. The maximum atomic E-state index is 12.0. The number of aliphatic hydroxyl groups excluding tert-OH is 1. The molecule has 1 aliphatic rings. The fraction of sp³-hybridized carbons (Fsp3) is 0.500. The van der Waals surface area contributed by atoms with Crippen LogP contribution in [-0.4, -0.2) is 29.7 Å². The number of carbonyl (C=O) groups is 1. The van der Waals surface area contributed by atoms with E-state index in [0.717, 1.165) is 5.56 Å². The van der Waals surface area contributed by atoms with Crippen LogP contribution in [0.3, 0.4) is 0 Å². The van der Waals surface area contributed by atoms with Crippen molar-refractivity contribution in [1.82, 2.24) is 10.6 Å². The van der Waals surface area contributed by atoms with Crippen molar-refractivity contribution in [2.45, 2.75) is 38.5 Å². The van der Waals surface area contributed by atoms with Crippen LogP contribution in [-0.2, 0) is 4.79 Å². The monoisotopic (exact) mass is 248 g/mol. The predicted molar refractivity (Wildman–Crippen MR) is 70.2 cm³/mol. The van der Waals surface area contributed by atoms with Gasteiger partial charge in [-0.15, -0.1) is 0 Å². The molecule has 0 bridgehead atoms. The smallest absolute Gasteiger partial charge is 0.237 e. The topological polar surface area (TPSA) is 61.4 Å². The van der Waals surface area contributed by atoms with E-state index in [4.69, 9.17) is 0 Å². The highest BCUT2D eigenvalue weighted by molar-refractivity contribution is 5.82. The molecule has 4 heteroatoms. The summed E-state index contributed by atoms with van der Waals surface area (Å²) in [6.07, 6.45) is 0.0850. The molecular formula is C14H20N2O2. The Hall–Kier alpha value is -1.39. The lowest BCUT2D eigenvalue weighted by Gasteiger charge is -2.18. The van der Waals surface area contributed by atoms with Crippen LogP contribution in [0.15, 0.2) is 24.3 Å². The fourth-order valence-electron chi connectivity index (χ4n) is 2.25. The molecule has 1 aromatic carbocycles. The lowest BCUT2D eigenvalue weighted by Crippen LogP contribution is -2.41. The van der Waals surface area contributed by atoms with Crippen LogP contribution in [0.4, 0.5) is 0 Å². The van der Waals surface area contributed by atoms with Crippen LogP contribution in [0.5, 0.6) is 0 Å². The van der Waals surface area contributed by atoms with Gasteiger partial charge < -0.3 is 15.7 Å². The van der Waals surface area contributed by atoms with Gasteiger partial charge in [0.25, 0.3) is 0 Å². The third kappa shape index (κ3) is 3.09. The highest BCUT2D eigenvalue weighted by Gasteiger charge is 2.28. The van der Waals surface area contributed by atoms with Crippen LogP contribution in [0, 0.1) is 6.92 Å². The third-order valence-electron chi connectivity index (χ3n) is 3.33. The largest absolute Gasteiger partial charge is 0.392 e. The molecule has 1 aromatic rings. The quantitative estimate of drug-likeness (QED) is 0.744. The van der Waals surface area contributed by atoms with Gasteiger partial charge in [0.1, 0.15) is 0 Å². The number of amides is 1. The zero-order valence-corrected chi connectivity index (χ0v) is 10.8. The van der Waals surface area contributed by atoms with E-state index in [9.17, 15) is 9.90 Å². The Kier molecular flexibility index (Phi) is 3.99. The molecule has 2 unspecified atom stereocenters. The number of nitrogens with one attached hydrogen (secondary N) is 2. The minimum absolute atomic E-state index is 0.0167. The van der Waals surface area contributed by atoms with Crippen molar-refractivity contribution in [2.75, 3.05) is 6.54 Å². The predicted octanol–water partition coefficient (Wildman–Crippen LogP) is 0.895. The number of rotatable bonds is 3. The second kappa shape index (κ2) is 5.50. The Morgan fingerprint density at radius 3 is 2.94 bits per heavy atom. The highest BCUT2D eigenvalue weighted by atomic mass is 16.3. The Morgan fingerprint density at radius 1 is 1.56 bits per heavy atom. The minimum atomic E-state index is -0.407. The van der Waals surface area contributed by atoms with Gasteiger partial charge >= 0.3 is 0 Å². The van der Waals surface area contributed by atoms with E-state index < -0.39 is 6.10 Å². The summed E-state index contributed by atoms with van der Waals surface area (Å²) in [5, 5.41) is 15.4. The molecule has 1 heterocycles. The number of benzene rings is 1. The van der Waals surface area contributed by atoms with Crippen molar-refractivity contribution >= 4 is 5.91 Å². The Balaban J connectivity index is 1.95. The van der Waals surface area contributed by atoms with E-state index in [1.54, 1.807) is 0 Å². The van der Waals surface area contributed by atoms with Crippen LogP contribution in [0.25, 0.3) is 0 Å². The zero-order valence-electron chi connectivity index (χ0n) is 10.8. The number of aliphatic hydroxyl groups is 1. The Labute approximate surface area is 107 Å². The molecule has 1 saturated heterocycles. The van der Waals surface area contributed by atoms with Gasteiger partial charge in [0.05, 0.1) is 18.2 Å². The van der Waals surface area contributed by atoms with Gasteiger partial charge in [0, 0.05) is 6.54 Å². The van der Waals surface area contributed by atoms with Crippen molar-refractivity contribution in [1.29, 1.82) is 0 Å². The van der Waals surface area contributed by atoms with E-state index >= 15 is 0 Å². The van der Waals surface area contributed by atoms with E-state index in [0.29, 0.717) is 13.0 Å². The van der Waals surface area contributed by atoms with Gasteiger partial charge in [-0.1, -0.05) is 29.8 Å². The van der Waals surface area contributed by atoms with Gasteiger partial charge in [0.15, 0.2) is 0 Å². The summed E-state index contributed by atoms with van der Waals surface area (Å²) in [4.78, 5) is 12.0. The first-order valence-corrected chi connectivity index (χ1v) is 6.34. The van der Waals surface area contributed by atoms with E-state index in [2.05, 4.69) is 16.7 Å². The van der Waals surface area contributed by atoms with Gasteiger partial charge in [-0.2, -0.15) is 0 Å². The van der Waals surface area contributed by atoms with Crippen molar-refractivity contribution in [3.05, 3.63) is 35.4 Å². The number of aryl methyl sites for hydroxylation is 1. The molecule has 0 spiro atoms. The molecule has 1 amide bonds. The Bertz CT molecular complexity index is 434. The van der Waals surface area contributed by atoms with Crippen LogP contribution < -0.4 is 10.6 Å². The summed E-state index contributed by atoms with van der Waals surface area (Å²) in [5.41, 5.74) is 2.28. The first-order valence-electron chi connectivity index (χ1n) is 6.34. The number of carbonyl (C=O) groups excluding carboxylic acids is 1. The van der Waals surface area contributed by atoms with Crippen molar-refractivity contribution in [3.8, 4) is 0 Å². The molecule has 98 valence electrons. The molecular weight excluding hydrogens is 228 g/mol. The van der Waals surface area contributed by atoms with Gasteiger partial charge in [-0.25, -0.2) is 0 Å². The first kappa shape index (κ1) is 13.1. The maximum Gasteiger partial charge on any atom is 0.237 e. The third-order valence-corrected chi connectivity index (χ3v) is 3.33. The average molecular weight is 248 g/mol. The average Bonchev–Trinajstić information content (AvgIpc) is 2.76. The van der Waals surface area contributed by atoms with Gasteiger partial charge in [-0.05, 0) is 25.8 Å². The van der Waals surface area contributed by atoms with Crippen LogP contribution in [0.1, 0.15) is 30.5 Å². The second-order valence-electron chi connectivity index (χ2n) is 4.99. The van der Waals surface area contributed by atoms with Crippen LogP contribution in [0.2, 0.25) is 0 Å². The summed E-state index contributed by atoms with van der Waals surface area (Å²) in [6, 6.07) is 7.82. The fourth-order valence-corrected chi connectivity index (χ4v) is 2.25. The molecule has 3 N–H and O–H groups in total. The van der Waals surface area contributed by atoms with Crippen molar-refractivity contribution in [3.63, 3.8) is 0 Å². The first-order chi connectivity index (χ1) is 8.56. The molecule has 0 aromatic heterocycles. The summed E-state index contributed by atoms with van der Waals surface area (Å²) in [5.74, 6) is -0.0412. The lowest BCUT2D eigenvalue weighted by atomic mass is 10.1. The molecule has 3 atom stereocenters. The van der Waals surface area contributed by atoms with E-state index in [1.165, 1.54) is 5.56 Å². The molecule has 4 nitrogen and oxygen atoms in total. The van der Waals surface area contributed by atoms with Crippen molar-refractivity contribution < 1.29 is 9.90 Å². The molecule has 18 heavy (non-hydrogen) atoms. The molecule has 0 radical (unpaired) electrons. The molecule has 1 fully saturated rings. The normalized spacial score (nSPS) is 24.8. The SMILES string of the molecule is Cc1cccc([C@@H](C)NC(=O)C2CC(O)CN2)c1. The lowest BCUT2D eigenvalue weighted by molar-refractivity contribution is -0.123. The van der Waals surface area contributed by atoms with Crippen molar-refractivity contribution in [2.24, 2.45) is 0 Å². The summed E-state index contributed by atoms with van der Waals surface area (Å²) < 4.78 is 0. The van der Waals surface area contributed by atoms with Gasteiger partial charge in [0.2, 0.25) is 5.91 Å². The van der Waals surface area contributed by atoms with E-state index in [1.807, 2.05) is 32.0 Å². The molecule has 0 saturated carbocycles. The van der Waals surface area contributed by atoms with Gasteiger partial charge in [-0.3, -0.25) is 4.79 Å². The number of hydrogen-bond acceptors (Lipinski definition) is 3. The standard InChI is InChI=1S/C14H20N2O2/c1-9-4-3-5-11(6-9)10(2)16-14(18)13-7-12(17)8-15-13/h3-6,10,12-13,15,17H,7-8H2,1-2H3,(H,16,18)/t10-,12?,13?/m1/s1. The highest BCUT2D eigenvalue weighted by Crippen LogP contribution is 2.15. The second-order valence-corrected chi connectivity index (χ2v) is 4.99. The molecule has 2 rings (SSSR count).